The first-order chi connectivity index (χ1) is 8.74. The molecule has 0 radical (unpaired) electrons. The average Bonchev–Trinajstić information content (AvgIpc) is 2.80. The lowest BCUT2D eigenvalue weighted by atomic mass is 9.78. The predicted molar refractivity (Wildman–Crippen MR) is 78.9 cm³/mol. The summed E-state index contributed by atoms with van der Waals surface area (Å²) in [7, 11) is 0. The van der Waals surface area contributed by atoms with Gasteiger partial charge in [-0.05, 0) is 63.5 Å². The summed E-state index contributed by atoms with van der Waals surface area (Å²) in [5.74, 6) is 1.83. The third kappa shape index (κ3) is 3.48. The smallest absolute Gasteiger partial charge is 0.0108 e. The molecule has 1 aliphatic carbocycles. The van der Waals surface area contributed by atoms with Crippen molar-refractivity contribution >= 4 is 0 Å². The van der Waals surface area contributed by atoms with Crippen molar-refractivity contribution in [3.8, 4) is 0 Å². The van der Waals surface area contributed by atoms with Crippen LogP contribution in [0.1, 0.15) is 59.3 Å². The van der Waals surface area contributed by atoms with Gasteiger partial charge < -0.3 is 10.2 Å². The fraction of sp³-hybridized carbons (Fsp3) is 1.00. The number of hydrogen-bond acceptors (Lipinski definition) is 2. The molecular formula is C16H32N2. The van der Waals surface area contributed by atoms with Crippen LogP contribution in [0.3, 0.4) is 0 Å². The molecule has 0 aromatic heterocycles. The molecule has 0 aromatic rings. The van der Waals surface area contributed by atoms with E-state index in [-0.39, 0.29) is 0 Å². The molecule has 0 amide bonds. The molecule has 2 fully saturated rings. The maximum absolute atomic E-state index is 3.74. The quantitative estimate of drug-likeness (QED) is 0.808. The first-order valence-electron chi connectivity index (χ1n) is 8.22. The Kier molecular flexibility index (Phi) is 5.50. The Morgan fingerprint density at radius 3 is 2.72 bits per heavy atom. The molecule has 18 heavy (non-hydrogen) atoms. The van der Waals surface area contributed by atoms with Crippen molar-refractivity contribution in [3.63, 3.8) is 0 Å². The second-order valence-electron chi connectivity index (χ2n) is 6.54. The molecule has 2 heteroatoms. The van der Waals surface area contributed by atoms with Gasteiger partial charge in [0.1, 0.15) is 0 Å². The summed E-state index contributed by atoms with van der Waals surface area (Å²) in [5, 5.41) is 3.74. The Hall–Kier alpha value is -0.0800. The highest BCUT2D eigenvalue weighted by atomic mass is 15.2. The van der Waals surface area contributed by atoms with Gasteiger partial charge in [-0.25, -0.2) is 0 Å². The van der Waals surface area contributed by atoms with E-state index in [1.54, 1.807) is 0 Å². The highest BCUT2D eigenvalue weighted by Crippen LogP contribution is 2.32. The van der Waals surface area contributed by atoms with Crippen LogP contribution in [0.2, 0.25) is 0 Å². The van der Waals surface area contributed by atoms with Crippen LogP contribution in [-0.4, -0.2) is 36.6 Å². The van der Waals surface area contributed by atoms with Gasteiger partial charge in [0.05, 0.1) is 0 Å². The number of nitrogens with one attached hydrogen (secondary N) is 1. The average molecular weight is 252 g/mol. The van der Waals surface area contributed by atoms with E-state index in [2.05, 4.69) is 31.0 Å². The van der Waals surface area contributed by atoms with E-state index in [9.17, 15) is 0 Å². The minimum atomic E-state index is 0.782. The zero-order chi connectivity index (χ0) is 13.0. The van der Waals surface area contributed by atoms with Crippen LogP contribution < -0.4 is 5.32 Å². The molecule has 0 bridgehead atoms. The Labute approximate surface area is 114 Å². The van der Waals surface area contributed by atoms with Gasteiger partial charge in [0.15, 0.2) is 0 Å². The number of likely N-dealkylation sites (tertiary alicyclic amines) is 1. The summed E-state index contributed by atoms with van der Waals surface area (Å²) in [6, 6.07) is 1.66. The van der Waals surface area contributed by atoms with E-state index in [4.69, 9.17) is 0 Å². The van der Waals surface area contributed by atoms with Crippen LogP contribution in [-0.2, 0) is 0 Å². The summed E-state index contributed by atoms with van der Waals surface area (Å²) in [5.41, 5.74) is 0. The number of hydrogen-bond donors (Lipinski definition) is 1. The topological polar surface area (TPSA) is 15.3 Å². The molecule has 2 aliphatic rings. The lowest BCUT2D eigenvalue weighted by Crippen LogP contribution is -2.46. The van der Waals surface area contributed by atoms with Gasteiger partial charge in [-0.3, -0.25) is 0 Å². The zero-order valence-electron chi connectivity index (χ0n) is 12.6. The van der Waals surface area contributed by atoms with Crippen molar-refractivity contribution in [3.05, 3.63) is 0 Å². The SMILES string of the molecule is CCNC1CCC(C)CC1CN1CCCC1CC. The second kappa shape index (κ2) is 6.91. The third-order valence-electron chi connectivity index (χ3n) is 5.15. The van der Waals surface area contributed by atoms with Crippen molar-refractivity contribution in [1.82, 2.24) is 10.2 Å². The molecule has 1 saturated carbocycles. The second-order valence-corrected chi connectivity index (χ2v) is 6.54. The molecule has 106 valence electrons. The maximum atomic E-state index is 3.74. The fourth-order valence-corrected chi connectivity index (χ4v) is 4.13. The molecule has 1 saturated heterocycles. The van der Waals surface area contributed by atoms with Gasteiger partial charge in [0.2, 0.25) is 0 Å². The van der Waals surface area contributed by atoms with E-state index in [1.807, 2.05) is 0 Å². The highest BCUT2D eigenvalue weighted by Gasteiger charge is 2.32. The summed E-state index contributed by atoms with van der Waals surface area (Å²) in [6.45, 7) is 10.9. The van der Waals surface area contributed by atoms with E-state index in [0.29, 0.717) is 0 Å². The fourth-order valence-electron chi connectivity index (χ4n) is 4.13. The van der Waals surface area contributed by atoms with E-state index >= 15 is 0 Å². The van der Waals surface area contributed by atoms with Gasteiger partial charge in [-0.1, -0.05) is 20.8 Å². The minimum absolute atomic E-state index is 0.782. The molecule has 2 nitrogen and oxygen atoms in total. The molecule has 1 heterocycles. The van der Waals surface area contributed by atoms with Crippen LogP contribution in [0.4, 0.5) is 0 Å². The van der Waals surface area contributed by atoms with E-state index in [1.165, 1.54) is 51.6 Å². The molecule has 4 atom stereocenters. The molecular weight excluding hydrogens is 220 g/mol. The molecule has 1 aliphatic heterocycles. The summed E-state index contributed by atoms with van der Waals surface area (Å²) in [6.07, 6.45) is 8.45. The molecule has 2 rings (SSSR count). The van der Waals surface area contributed by atoms with Crippen LogP contribution in [0.15, 0.2) is 0 Å². The summed E-state index contributed by atoms with van der Waals surface area (Å²) in [4.78, 5) is 2.78. The molecule has 4 unspecified atom stereocenters. The Morgan fingerprint density at radius 2 is 2.00 bits per heavy atom. The normalized spacial score (nSPS) is 38.2. The van der Waals surface area contributed by atoms with Gasteiger partial charge in [0.25, 0.3) is 0 Å². The lowest BCUT2D eigenvalue weighted by Gasteiger charge is -2.39. The van der Waals surface area contributed by atoms with E-state index in [0.717, 1.165) is 30.5 Å². The largest absolute Gasteiger partial charge is 0.314 e. The van der Waals surface area contributed by atoms with Crippen molar-refractivity contribution in [2.75, 3.05) is 19.6 Å². The van der Waals surface area contributed by atoms with Crippen molar-refractivity contribution in [1.29, 1.82) is 0 Å². The summed E-state index contributed by atoms with van der Waals surface area (Å²) >= 11 is 0. The molecule has 1 N–H and O–H groups in total. The Morgan fingerprint density at radius 1 is 1.17 bits per heavy atom. The van der Waals surface area contributed by atoms with E-state index < -0.39 is 0 Å². The standard InChI is InChI=1S/C16H32N2/c1-4-15-7-6-10-18(15)12-14-11-13(3)8-9-16(14)17-5-2/h13-17H,4-12H2,1-3H3. The first-order valence-corrected chi connectivity index (χ1v) is 8.22. The molecule has 0 spiro atoms. The van der Waals surface area contributed by atoms with Gasteiger partial charge in [-0.2, -0.15) is 0 Å². The van der Waals surface area contributed by atoms with Crippen LogP contribution in [0.25, 0.3) is 0 Å². The highest BCUT2D eigenvalue weighted by molar-refractivity contribution is 4.88. The zero-order valence-corrected chi connectivity index (χ0v) is 12.6. The Balaban J connectivity index is 1.91. The minimum Gasteiger partial charge on any atom is -0.314 e. The Bertz CT molecular complexity index is 241. The lowest BCUT2D eigenvalue weighted by molar-refractivity contribution is 0.136. The first kappa shape index (κ1) is 14.3. The molecule has 0 aromatic carbocycles. The monoisotopic (exact) mass is 252 g/mol. The third-order valence-corrected chi connectivity index (χ3v) is 5.15. The van der Waals surface area contributed by atoms with Crippen molar-refractivity contribution < 1.29 is 0 Å². The predicted octanol–water partition coefficient (Wildman–Crippen LogP) is 3.28. The maximum Gasteiger partial charge on any atom is 0.0108 e. The van der Waals surface area contributed by atoms with Crippen LogP contribution in [0, 0.1) is 11.8 Å². The van der Waals surface area contributed by atoms with Gasteiger partial charge in [-0.15, -0.1) is 0 Å². The van der Waals surface area contributed by atoms with Crippen LogP contribution in [0.5, 0.6) is 0 Å². The van der Waals surface area contributed by atoms with Gasteiger partial charge >= 0.3 is 0 Å². The van der Waals surface area contributed by atoms with Crippen molar-refractivity contribution in [2.45, 2.75) is 71.4 Å². The summed E-state index contributed by atoms with van der Waals surface area (Å²) < 4.78 is 0. The van der Waals surface area contributed by atoms with Crippen molar-refractivity contribution in [2.24, 2.45) is 11.8 Å². The van der Waals surface area contributed by atoms with Crippen LogP contribution >= 0.6 is 0 Å². The number of rotatable bonds is 5. The number of nitrogens with zero attached hydrogens (tertiary/aromatic N) is 1. The van der Waals surface area contributed by atoms with Gasteiger partial charge in [0, 0.05) is 18.6 Å².